The third-order valence-electron chi connectivity index (χ3n) is 8.81. The Balaban J connectivity index is 1.26. The summed E-state index contributed by atoms with van der Waals surface area (Å²) in [4.78, 5) is 32.6. The molecule has 1 amide bonds. The molecule has 1 N–H and O–H groups in total. The number of hydrogen-bond acceptors (Lipinski definition) is 4. The van der Waals surface area contributed by atoms with Crippen molar-refractivity contribution in [2.24, 2.45) is 5.92 Å². The Morgan fingerprint density at radius 1 is 0.947 bits per heavy atom. The van der Waals surface area contributed by atoms with Crippen LogP contribution in [0.2, 0.25) is 0 Å². The Kier molecular flexibility index (Phi) is 11.1. The van der Waals surface area contributed by atoms with Gasteiger partial charge in [0.15, 0.2) is 0 Å². The van der Waals surface area contributed by atoms with E-state index in [9.17, 15) is 9.59 Å². The average molecular weight is 524 g/mol. The van der Waals surface area contributed by atoms with Gasteiger partial charge >= 0.3 is 0 Å². The molecule has 2 atom stereocenters. The average Bonchev–Trinajstić information content (AvgIpc) is 2.88. The number of hydrogen-bond donors (Lipinski definition) is 1. The van der Waals surface area contributed by atoms with Crippen LogP contribution in [0.3, 0.4) is 0 Å². The number of unbranched alkanes of at least 4 members (excludes halogenated alkanes) is 1. The number of ether oxygens (including phenoxy) is 1. The van der Waals surface area contributed by atoms with E-state index in [1.165, 1.54) is 70.3 Å². The molecule has 0 spiro atoms. The number of carbonyl (C=O) groups excluding carboxylic acids is 1. The SMILES string of the molecule is CC1CCCC(C)N1CCN(CC1CCCCCCC1)C(=O)CCCCOc1ccc2[nH]c(=O)ccc2c1. The summed E-state index contributed by atoms with van der Waals surface area (Å²) in [5.41, 5.74) is 0.715. The number of amides is 1. The smallest absolute Gasteiger partial charge is 0.248 e. The zero-order valence-electron chi connectivity index (χ0n) is 23.8. The zero-order valence-corrected chi connectivity index (χ0v) is 23.8. The Morgan fingerprint density at radius 2 is 1.68 bits per heavy atom. The van der Waals surface area contributed by atoms with Gasteiger partial charge in [0.05, 0.1) is 6.61 Å². The summed E-state index contributed by atoms with van der Waals surface area (Å²) in [6.07, 6.45) is 15.4. The Morgan fingerprint density at radius 3 is 2.45 bits per heavy atom. The number of aromatic amines is 1. The normalized spacial score (nSPS) is 21.6. The molecule has 0 radical (unpaired) electrons. The van der Waals surface area contributed by atoms with Crippen molar-refractivity contribution in [2.45, 2.75) is 109 Å². The Hall–Kier alpha value is -2.34. The molecule has 2 aliphatic rings. The van der Waals surface area contributed by atoms with Crippen molar-refractivity contribution in [2.75, 3.05) is 26.2 Å². The molecule has 1 aliphatic heterocycles. The number of nitrogens with zero attached hydrogens (tertiary/aromatic N) is 2. The molecule has 1 aliphatic carbocycles. The molecule has 2 heterocycles. The second-order valence-corrected chi connectivity index (χ2v) is 11.8. The van der Waals surface area contributed by atoms with E-state index in [1.54, 1.807) is 0 Å². The fraction of sp³-hybridized carbons (Fsp3) is 0.688. The molecule has 6 heteroatoms. The molecule has 2 unspecified atom stereocenters. The van der Waals surface area contributed by atoms with Gasteiger partial charge in [0, 0.05) is 55.1 Å². The maximum atomic E-state index is 13.5. The molecule has 1 saturated carbocycles. The summed E-state index contributed by atoms with van der Waals surface area (Å²) in [5.74, 6) is 1.77. The molecule has 2 fully saturated rings. The number of nitrogens with one attached hydrogen (secondary N) is 1. The third-order valence-corrected chi connectivity index (χ3v) is 8.81. The van der Waals surface area contributed by atoms with Gasteiger partial charge < -0.3 is 14.6 Å². The van der Waals surface area contributed by atoms with Crippen molar-refractivity contribution in [1.29, 1.82) is 0 Å². The van der Waals surface area contributed by atoms with Gasteiger partial charge in [-0.15, -0.1) is 0 Å². The van der Waals surface area contributed by atoms with Crippen molar-refractivity contribution in [3.05, 3.63) is 40.7 Å². The quantitative estimate of drug-likeness (QED) is 0.340. The van der Waals surface area contributed by atoms with Gasteiger partial charge in [-0.25, -0.2) is 0 Å². The van der Waals surface area contributed by atoms with Gasteiger partial charge in [0.25, 0.3) is 0 Å². The van der Waals surface area contributed by atoms with Crippen LogP contribution in [0.5, 0.6) is 5.75 Å². The van der Waals surface area contributed by atoms with Gasteiger partial charge in [-0.2, -0.15) is 0 Å². The number of carbonyl (C=O) groups is 1. The molecular weight excluding hydrogens is 474 g/mol. The fourth-order valence-electron chi connectivity index (χ4n) is 6.45. The lowest BCUT2D eigenvalue weighted by molar-refractivity contribution is -0.132. The monoisotopic (exact) mass is 523 g/mol. The van der Waals surface area contributed by atoms with Crippen LogP contribution in [-0.4, -0.2) is 59.0 Å². The van der Waals surface area contributed by atoms with Crippen LogP contribution in [0.15, 0.2) is 35.1 Å². The largest absolute Gasteiger partial charge is 0.494 e. The van der Waals surface area contributed by atoms with Crippen LogP contribution in [0.1, 0.15) is 97.3 Å². The maximum absolute atomic E-state index is 13.5. The van der Waals surface area contributed by atoms with E-state index < -0.39 is 0 Å². The highest BCUT2D eigenvalue weighted by molar-refractivity contribution is 5.79. The van der Waals surface area contributed by atoms with Gasteiger partial charge in [0.1, 0.15) is 5.75 Å². The van der Waals surface area contributed by atoms with Crippen molar-refractivity contribution >= 4 is 16.8 Å². The minimum Gasteiger partial charge on any atom is -0.494 e. The molecule has 1 aromatic heterocycles. The van der Waals surface area contributed by atoms with Gasteiger partial charge in [-0.3, -0.25) is 14.5 Å². The molecule has 1 saturated heterocycles. The van der Waals surface area contributed by atoms with Crippen LogP contribution in [-0.2, 0) is 4.79 Å². The molecule has 6 nitrogen and oxygen atoms in total. The summed E-state index contributed by atoms with van der Waals surface area (Å²) in [7, 11) is 0. The minimum absolute atomic E-state index is 0.0978. The summed E-state index contributed by atoms with van der Waals surface area (Å²) in [5, 5.41) is 0.958. The molecule has 2 aromatic rings. The number of likely N-dealkylation sites (tertiary alicyclic amines) is 1. The predicted molar refractivity (Wildman–Crippen MR) is 156 cm³/mol. The number of pyridine rings is 1. The highest BCUT2D eigenvalue weighted by atomic mass is 16.5. The molecule has 0 bridgehead atoms. The molecule has 4 rings (SSSR count). The number of H-pyrrole nitrogens is 1. The highest BCUT2D eigenvalue weighted by Crippen LogP contribution is 2.25. The van der Waals surface area contributed by atoms with Crippen LogP contribution in [0.4, 0.5) is 0 Å². The van der Waals surface area contributed by atoms with Crippen molar-refractivity contribution in [3.63, 3.8) is 0 Å². The standard InChI is InChI=1S/C32H49N3O3/c1-25-11-10-12-26(2)35(25)21-20-34(24-27-13-6-4-3-5-7-14-27)32(37)15-8-9-22-38-29-17-18-30-28(23-29)16-19-31(36)33-30/h16-19,23,25-27H,3-15,20-22,24H2,1-2H3,(H,33,36). The fourth-order valence-corrected chi connectivity index (χ4v) is 6.45. The first kappa shape index (κ1) is 28.7. The first-order valence-electron chi connectivity index (χ1n) is 15.3. The summed E-state index contributed by atoms with van der Waals surface area (Å²) in [6, 6.07) is 10.3. The van der Waals surface area contributed by atoms with Crippen LogP contribution in [0, 0.1) is 5.92 Å². The topological polar surface area (TPSA) is 65.6 Å². The molecule has 1 aromatic carbocycles. The Labute approximate surface area is 229 Å². The molecule has 210 valence electrons. The van der Waals surface area contributed by atoms with E-state index in [0.717, 1.165) is 49.1 Å². The molecular formula is C32H49N3O3. The Bertz CT molecular complexity index is 1050. The number of benzene rings is 1. The van der Waals surface area contributed by atoms with E-state index in [2.05, 4.69) is 28.6 Å². The zero-order chi connectivity index (χ0) is 26.7. The predicted octanol–water partition coefficient (Wildman–Crippen LogP) is 6.53. The van der Waals surface area contributed by atoms with E-state index in [-0.39, 0.29) is 5.56 Å². The third kappa shape index (κ3) is 8.59. The number of piperidine rings is 1. The highest BCUT2D eigenvalue weighted by Gasteiger charge is 2.26. The van der Waals surface area contributed by atoms with Crippen molar-refractivity contribution < 1.29 is 9.53 Å². The van der Waals surface area contributed by atoms with E-state index in [0.29, 0.717) is 36.9 Å². The number of fused-ring (bicyclic) bond motifs is 1. The van der Waals surface area contributed by atoms with Gasteiger partial charge in [-0.1, -0.05) is 38.5 Å². The lowest BCUT2D eigenvalue weighted by Gasteiger charge is -2.40. The van der Waals surface area contributed by atoms with Gasteiger partial charge in [-0.05, 0) is 82.6 Å². The summed E-state index contributed by atoms with van der Waals surface area (Å²) >= 11 is 0. The van der Waals surface area contributed by atoms with Crippen LogP contribution < -0.4 is 10.3 Å². The molecule has 38 heavy (non-hydrogen) atoms. The maximum Gasteiger partial charge on any atom is 0.248 e. The second kappa shape index (κ2) is 14.7. The lowest BCUT2D eigenvalue weighted by atomic mass is 9.90. The van der Waals surface area contributed by atoms with Crippen molar-refractivity contribution in [3.8, 4) is 5.75 Å². The van der Waals surface area contributed by atoms with Crippen LogP contribution >= 0.6 is 0 Å². The first-order chi connectivity index (χ1) is 18.5. The lowest BCUT2D eigenvalue weighted by Crippen LogP contribution is -2.48. The summed E-state index contributed by atoms with van der Waals surface area (Å²) < 4.78 is 5.96. The van der Waals surface area contributed by atoms with E-state index in [4.69, 9.17) is 4.74 Å². The first-order valence-corrected chi connectivity index (χ1v) is 15.3. The second-order valence-electron chi connectivity index (χ2n) is 11.8. The van der Waals surface area contributed by atoms with E-state index >= 15 is 0 Å². The number of rotatable bonds is 11. The van der Waals surface area contributed by atoms with Crippen LogP contribution in [0.25, 0.3) is 10.9 Å². The summed E-state index contributed by atoms with van der Waals surface area (Å²) in [6.45, 7) is 8.09. The van der Waals surface area contributed by atoms with Gasteiger partial charge in [0.2, 0.25) is 11.5 Å². The van der Waals surface area contributed by atoms with Crippen molar-refractivity contribution in [1.82, 2.24) is 14.8 Å². The minimum atomic E-state index is -0.0978. The van der Waals surface area contributed by atoms with E-state index in [1.807, 2.05) is 24.3 Å². The number of aromatic nitrogens is 1.